The summed E-state index contributed by atoms with van der Waals surface area (Å²) < 4.78 is 8.50. The largest absolute Gasteiger partial charge is 0.368 e. The van der Waals surface area contributed by atoms with Gasteiger partial charge < -0.3 is 10.1 Å². The second kappa shape index (κ2) is 4.79. The van der Waals surface area contributed by atoms with Gasteiger partial charge in [0.15, 0.2) is 0 Å². The highest BCUT2D eigenvalue weighted by molar-refractivity contribution is 5.96. The normalized spacial score (nSPS) is 18.6. The van der Waals surface area contributed by atoms with Gasteiger partial charge in [-0.3, -0.25) is 13.9 Å². The number of rotatable bonds is 2. The van der Waals surface area contributed by atoms with E-state index in [0.29, 0.717) is 12.3 Å². The van der Waals surface area contributed by atoms with E-state index in [1.165, 1.54) is 0 Å². The Morgan fingerprint density at radius 3 is 2.75 bits per heavy atom. The van der Waals surface area contributed by atoms with E-state index >= 15 is 0 Å². The summed E-state index contributed by atoms with van der Waals surface area (Å²) in [5, 5.41) is 2.84. The van der Waals surface area contributed by atoms with Crippen molar-refractivity contribution in [1.29, 1.82) is 0 Å². The first-order valence-corrected chi connectivity index (χ1v) is 6.66. The average molecular weight is 275 g/mol. The molecule has 1 atom stereocenters. The van der Waals surface area contributed by atoms with Crippen molar-refractivity contribution in [1.82, 2.24) is 9.13 Å². The van der Waals surface area contributed by atoms with Crippen LogP contribution in [0.25, 0.3) is 11.0 Å². The zero-order chi connectivity index (χ0) is 14.3. The first-order chi connectivity index (χ1) is 9.58. The minimum atomic E-state index is -0.356. The van der Waals surface area contributed by atoms with Crippen LogP contribution in [-0.4, -0.2) is 27.8 Å². The quantitative estimate of drug-likeness (QED) is 0.889. The summed E-state index contributed by atoms with van der Waals surface area (Å²) in [7, 11) is 3.45. The molecule has 0 radical (unpaired) electrons. The molecule has 6 heteroatoms. The zero-order valence-corrected chi connectivity index (χ0v) is 11.5. The first-order valence-electron chi connectivity index (χ1n) is 6.66. The number of carbonyl (C=O) groups is 1. The van der Waals surface area contributed by atoms with Gasteiger partial charge in [0.25, 0.3) is 5.91 Å². The number of imidazole rings is 1. The number of nitrogens with zero attached hydrogens (tertiary/aromatic N) is 2. The van der Waals surface area contributed by atoms with Crippen molar-refractivity contribution >= 4 is 22.6 Å². The number of hydrogen-bond donors (Lipinski definition) is 1. The maximum Gasteiger partial charge on any atom is 0.328 e. The third-order valence-corrected chi connectivity index (χ3v) is 3.76. The van der Waals surface area contributed by atoms with Crippen LogP contribution in [0, 0.1) is 0 Å². The summed E-state index contributed by atoms with van der Waals surface area (Å²) in [6.45, 7) is 0.643. The van der Waals surface area contributed by atoms with Crippen molar-refractivity contribution < 1.29 is 9.53 Å². The van der Waals surface area contributed by atoms with Crippen molar-refractivity contribution in [2.45, 2.75) is 18.9 Å². The lowest BCUT2D eigenvalue weighted by Gasteiger charge is -2.10. The minimum absolute atomic E-state index is 0.0809. The van der Waals surface area contributed by atoms with E-state index in [9.17, 15) is 9.59 Å². The average Bonchev–Trinajstić information content (AvgIpc) is 3.04. The van der Waals surface area contributed by atoms with Crippen LogP contribution in [-0.2, 0) is 23.6 Å². The molecule has 6 nitrogen and oxygen atoms in total. The van der Waals surface area contributed by atoms with Gasteiger partial charge in [-0.05, 0) is 31.0 Å². The molecule has 1 aliphatic heterocycles. The fourth-order valence-electron chi connectivity index (χ4n) is 2.59. The number of anilines is 1. The van der Waals surface area contributed by atoms with E-state index in [0.717, 1.165) is 23.9 Å². The smallest absolute Gasteiger partial charge is 0.328 e. The molecule has 0 saturated carbocycles. The standard InChI is InChI=1S/C14H17N3O3/c1-16-10-6-5-9(8-11(10)17(2)14(16)19)15-13(18)12-4-3-7-20-12/h5-6,8,12H,3-4,7H2,1-2H3,(H,15,18)/t12-/m0/s1. The minimum Gasteiger partial charge on any atom is -0.368 e. The fourth-order valence-corrected chi connectivity index (χ4v) is 2.59. The van der Waals surface area contributed by atoms with Gasteiger partial charge >= 0.3 is 5.69 Å². The monoisotopic (exact) mass is 275 g/mol. The Morgan fingerprint density at radius 2 is 2.05 bits per heavy atom. The number of fused-ring (bicyclic) bond motifs is 1. The van der Waals surface area contributed by atoms with Crippen molar-refractivity contribution in [3.8, 4) is 0 Å². The Kier molecular flexibility index (Phi) is 3.10. The predicted octanol–water partition coefficient (Wildman–Crippen LogP) is 0.994. The van der Waals surface area contributed by atoms with Gasteiger partial charge in [0.2, 0.25) is 0 Å². The Bertz CT molecular complexity index is 723. The van der Waals surface area contributed by atoms with Crippen LogP contribution in [0.3, 0.4) is 0 Å². The molecule has 1 aliphatic rings. The molecule has 2 aromatic rings. The van der Waals surface area contributed by atoms with Crippen molar-refractivity contribution in [2.24, 2.45) is 14.1 Å². The van der Waals surface area contributed by atoms with Crippen molar-refractivity contribution in [3.05, 3.63) is 28.7 Å². The highest BCUT2D eigenvalue weighted by Crippen LogP contribution is 2.19. The number of amides is 1. The van der Waals surface area contributed by atoms with Gasteiger partial charge in [0.05, 0.1) is 11.0 Å². The lowest BCUT2D eigenvalue weighted by atomic mass is 10.2. The third-order valence-electron chi connectivity index (χ3n) is 3.76. The van der Waals surface area contributed by atoms with E-state index in [1.54, 1.807) is 29.3 Å². The molecule has 1 aromatic heterocycles. The first kappa shape index (κ1) is 12.9. The van der Waals surface area contributed by atoms with Gasteiger partial charge in [-0.1, -0.05) is 0 Å². The van der Waals surface area contributed by atoms with Crippen LogP contribution < -0.4 is 11.0 Å². The number of nitrogens with one attached hydrogen (secondary N) is 1. The van der Waals surface area contributed by atoms with Crippen molar-refractivity contribution in [3.63, 3.8) is 0 Å². The third kappa shape index (κ3) is 2.02. The van der Waals surface area contributed by atoms with Gasteiger partial charge in [0, 0.05) is 26.4 Å². The molecule has 0 aliphatic carbocycles. The predicted molar refractivity (Wildman–Crippen MR) is 75.8 cm³/mol. The highest BCUT2D eigenvalue weighted by atomic mass is 16.5. The van der Waals surface area contributed by atoms with Gasteiger partial charge in [-0.25, -0.2) is 4.79 Å². The van der Waals surface area contributed by atoms with E-state index in [4.69, 9.17) is 4.74 Å². The maximum absolute atomic E-state index is 12.0. The molecular formula is C14H17N3O3. The molecule has 20 heavy (non-hydrogen) atoms. The molecule has 0 bridgehead atoms. The number of aromatic nitrogens is 2. The van der Waals surface area contributed by atoms with Crippen LogP contribution >= 0.6 is 0 Å². The Hall–Kier alpha value is -2.08. The Morgan fingerprint density at radius 1 is 1.30 bits per heavy atom. The molecule has 0 spiro atoms. The van der Waals surface area contributed by atoms with Gasteiger partial charge in [-0.15, -0.1) is 0 Å². The van der Waals surface area contributed by atoms with E-state index < -0.39 is 0 Å². The van der Waals surface area contributed by atoms with Crippen LogP contribution in [0.15, 0.2) is 23.0 Å². The lowest BCUT2D eigenvalue weighted by Crippen LogP contribution is -2.26. The number of benzene rings is 1. The van der Waals surface area contributed by atoms with Gasteiger partial charge in [0.1, 0.15) is 6.10 Å². The molecule has 0 unspecified atom stereocenters. The lowest BCUT2D eigenvalue weighted by molar-refractivity contribution is -0.124. The summed E-state index contributed by atoms with van der Waals surface area (Å²) in [5.41, 5.74) is 2.23. The molecule has 3 rings (SSSR count). The summed E-state index contributed by atoms with van der Waals surface area (Å²) in [6.07, 6.45) is 1.33. The van der Waals surface area contributed by atoms with Crippen LogP contribution in [0.1, 0.15) is 12.8 Å². The van der Waals surface area contributed by atoms with Crippen molar-refractivity contribution in [2.75, 3.05) is 11.9 Å². The van der Waals surface area contributed by atoms with Crippen LogP contribution in [0.4, 0.5) is 5.69 Å². The highest BCUT2D eigenvalue weighted by Gasteiger charge is 2.23. The molecule has 1 aromatic carbocycles. The molecule has 106 valence electrons. The summed E-state index contributed by atoms with van der Waals surface area (Å²) in [6, 6.07) is 5.44. The number of ether oxygens (including phenoxy) is 1. The summed E-state index contributed by atoms with van der Waals surface area (Å²) in [5.74, 6) is -0.122. The summed E-state index contributed by atoms with van der Waals surface area (Å²) >= 11 is 0. The molecule has 1 N–H and O–H groups in total. The second-order valence-corrected chi connectivity index (χ2v) is 5.10. The summed E-state index contributed by atoms with van der Waals surface area (Å²) in [4.78, 5) is 23.8. The van der Waals surface area contributed by atoms with Gasteiger partial charge in [-0.2, -0.15) is 0 Å². The number of carbonyl (C=O) groups excluding carboxylic acids is 1. The molecule has 1 saturated heterocycles. The van der Waals surface area contributed by atoms with E-state index in [-0.39, 0.29) is 17.7 Å². The second-order valence-electron chi connectivity index (χ2n) is 5.10. The van der Waals surface area contributed by atoms with Crippen LogP contribution in [0.2, 0.25) is 0 Å². The molecule has 1 fully saturated rings. The van der Waals surface area contributed by atoms with E-state index in [2.05, 4.69) is 5.32 Å². The van der Waals surface area contributed by atoms with E-state index in [1.807, 2.05) is 12.1 Å². The molecule has 1 amide bonds. The van der Waals surface area contributed by atoms with Crippen LogP contribution in [0.5, 0.6) is 0 Å². The Labute approximate surface area is 115 Å². The number of hydrogen-bond acceptors (Lipinski definition) is 3. The zero-order valence-electron chi connectivity index (χ0n) is 11.5. The number of aryl methyl sites for hydroxylation is 2. The molecular weight excluding hydrogens is 258 g/mol. The Balaban J connectivity index is 1.91. The SMILES string of the molecule is Cn1c(=O)n(C)c2cc(NC(=O)[C@@H]3CCCO3)ccc21. The maximum atomic E-state index is 12.0. The topological polar surface area (TPSA) is 65.3 Å². The molecule has 2 heterocycles. The fraction of sp³-hybridized carbons (Fsp3) is 0.429.